The molecule has 0 fully saturated rings. The van der Waals surface area contributed by atoms with Crippen molar-refractivity contribution in [1.29, 1.82) is 0 Å². The van der Waals surface area contributed by atoms with Crippen molar-refractivity contribution in [2.75, 3.05) is 20.6 Å². The smallest absolute Gasteiger partial charge is 0.407 e. The lowest BCUT2D eigenvalue weighted by Crippen LogP contribution is -2.43. The Morgan fingerprint density at radius 1 is 1.47 bits per heavy atom. The molecule has 0 saturated heterocycles. The van der Waals surface area contributed by atoms with Crippen LogP contribution in [0.1, 0.15) is 5.56 Å². The fourth-order valence-corrected chi connectivity index (χ4v) is 1.76. The monoisotopic (exact) mass is 256 g/mol. The van der Waals surface area contributed by atoms with E-state index in [1.807, 2.05) is 31.3 Å². The van der Waals surface area contributed by atoms with E-state index in [-0.39, 0.29) is 6.04 Å². The highest BCUT2D eigenvalue weighted by Gasteiger charge is 2.18. The Balaban J connectivity index is 2.72. The summed E-state index contributed by atoms with van der Waals surface area (Å²) >= 11 is 5.81. The first-order chi connectivity index (χ1) is 8.04. The summed E-state index contributed by atoms with van der Waals surface area (Å²) < 4.78 is 0. The Kier molecular flexibility index (Phi) is 5.25. The van der Waals surface area contributed by atoms with Gasteiger partial charge in [0.25, 0.3) is 0 Å². The van der Waals surface area contributed by atoms with E-state index in [1.165, 1.54) is 4.90 Å². The van der Waals surface area contributed by atoms with Crippen LogP contribution in [-0.2, 0) is 6.42 Å². The van der Waals surface area contributed by atoms with Crippen LogP contribution in [0, 0.1) is 0 Å². The zero-order valence-electron chi connectivity index (χ0n) is 9.98. The minimum absolute atomic E-state index is 0.0846. The number of nitrogens with one attached hydrogen (secondary N) is 1. The number of halogens is 1. The Morgan fingerprint density at radius 3 is 2.53 bits per heavy atom. The summed E-state index contributed by atoms with van der Waals surface area (Å²) in [5.74, 6) is 0. The number of rotatable bonds is 5. The molecule has 1 aromatic rings. The van der Waals surface area contributed by atoms with E-state index in [1.54, 1.807) is 7.05 Å². The SMILES string of the molecule is CNCC(Cc1ccc(Cl)cc1)N(C)C(=O)O. The predicted octanol–water partition coefficient (Wildman–Crippen LogP) is 2.08. The van der Waals surface area contributed by atoms with Gasteiger partial charge < -0.3 is 15.3 Å². The zero-order chi connectivity index (χ0) is 12.8. The number of nitrogens with zero attached hydrogens (tertiary/aromatic N) is 1. The summed E-state index contributed by atoms with van der Waals surface area (Å²) in [4.78, 5) is 12.3. The highest BCUT2D eigenvalue weighted by atomic mass is 35.5. The fraction of sp³-hybridized carbons (Fsp3) is 0.417. The van der Waals surface area contributed by atoms with Crippen molar-refractivity contribution in [3.63, 3.8) is 0 Å². The maximum atomic E-state index is 10.9. The molecule has 0 saturated carbocycles. The predicted molar refractivity (Wildman–Crippen MR) is 68.7 cm³/mol. The van der Waals surface area contributed by atoms with Crippen molar-refractivity contribution in [2.24, 2.45) is 0 Å². The van der Waals surface area contributed by atoms with Gasteiger partial charge in [0.05, 0.1) is 6.04 Å². The van der Waals surface area contributed by atoms with Gasteiger partial charge in [0, 0.05) is 18.6 Å². The van der Waals surface area contributed by atoms with Crippen LogP contribution in [0.15, 0.2) is 24.3 Å². The average Bonchev–Trinajstić information content (AvgIpc) is 2.30. The van der Waals surface area contributed by atoms with Gasteiger partial charge in [-0.1, -0.05) is 23.7 Å². The Hall–Kier alpha value is -1.26. The molecule has 0 heterocycles. The van der Waals surface area contributed by atoms with Gasteiger partial charge >= 0.3 is 6.09 Å². The molecule has 2 N–H and O–H groups in total. The van der Waals surface area contributed by atoms with Crippen LogP contribution in [0.3, 0.4) is 0 Å². The van der Waals surface area contributed by atoms with E-state index in [0.717, 1.165) is 5.56 Å². The van der Waals surface area contributed by atoms with E-state index in [4.69, 9.17) is 16.7 Å². The second-order valence-corrected chi connectivity index (χ2v) is 4.37. The number of hydrogen-bond donors (Lipinski definition) is 2. The summed E-state index contributed by atoms with van der Waals surface area (Å²) in [5.41, 5.74) is 1.07. The molecule has 94 valence electrons. The van der Waals surface area contributed by atoms with Gasteiger partial charge in [-0.25, -0.2) is 4.79 Å². The minimum atomic E-state index is -0.917. The maximum Gasteiger partial charge on any atom is 0.407 e. The van der Waals surface area contributed by atoms with Gasteiger partial charge in [0.1, 0.15) is 0 Å². The molecular weight excluding hydrogens is 240 g/mol. The number of carbonyl (C=O) groups is 1. The lowest BCUT2D eigenvalue weighted by atomic mass is 10.1. The number of hydrogen-bond acceptors (Lipinski definition) is 2. The van der Waals surface area contributed by atoms with Crippen molar-refractivity contribution in [1.82, 2.24) is 10.2 Å². The number of carboxylic acid groups (broad SMARTS) is 1. The second-order valence-electron chi connectivity index (χ2n) is 3.94. The van der Waals surface area contributed by atoms with E-state index in [0.29, 0.717) is 18.0 Å². The van der Waals surface area contributed by atoms with Crippen LogP contribution in [0.4, 0.5) is 4.79 Å². The number of benzene rings is 1. The number of amides is 1. The highest BCUT2D eigenvalue weighted by Crippen LogP contribution is 2.12. The van der Waals surface area contributed by atoms with Crippen LogP contribution in [0.2, 0.25) is 5.02 Å². The molecule has 0 bridgehead atoms. The molecule has 0 aliphatic rings. The molecule has 0 aliphatic carbocycles. The molecule has 1 amide bonds. The van der Waals surface area contributed by atoms with E-state index in [2.05, 4.69) is 5.32 Å². The Morgan fingerprint density at radius 2 is 2.06 bits per heavy atom. The normalized spacial score (nSPS) is 12.2. The number of likely N-dealkylation sites (N-methyl/N-ethyl adjacent to an activating group) is 2. The van der Waals surface area contributed by atoms with Crippen molar-refractivity contribution in [3.05, 3.63) is 34.9 Å². The first kappa shape index (κ1) is 13.8. The minimum Gasteiger partial charge on any atom is -0.465 e. The maximum absolute atomic E-state index is 10.9. The van der Waals surface area contributed by atoms with Crippen LogP contribution in [-0.4, -0.2) is 42.8 Å². The van der Waals surface area contributed by atoms with Crippen LogP contribution < -0.4 is 5.32 Å². The molecule has 0 aliphatic heterocycles. The van der Waals surface area contributed by atoms with E-state index in [9.17, 15) is 4.79 Å². The van der Waals surface area contributed by atoms with E-state index >= 15 is 0 Å². The summed E-state index contributed by atoms with van der Waals surface area (Å²) in [6, 6.07) is 7.38. The summed E-state index contributed by atoms with van der Waals surface area (Å²) in [7, 11) is 3.39. The van der Waals surface area contributed by atoms with Crippen molar-refractivity contribution >= 4 is 17.7 Å². The van der Waals surface area contributed by atoms with Crippen molar-refractivity contribution in [2.45, 2.75) is 12.5 Å². The molecule has 5 heteroatoms. The van der Waals surface area contributed by atoms with Crippen LogP contribution in [0.25, 0.3) is 0 Å². The zero-order valence-corrected chi connectivity index (χ0v) is 10.7. The second kappa shape index (κ2) is 6.47. The van der Waals surface area contributed by atoms with Crippen molar-refractivity contribution in [3.8, 4) is 0 Å². The van der Waals surface area contributed by atoms with E-state index < -0.39 is 6.09 Å². The Bertz CT molecular complexity index is 367. The molecule has 1 unspecified atom stereocenters. The van der Waals surface area contributed by atoms with Crippen LogP contribution >= 0.6 is 11.6 Å². The summed E-state index contributed by atoms with van der Waals surface area (Å²) in [6.45, 7) is 0.616. The lowest BCUT2D eigenvalue weighted by molar-refractivity contribution is 0.138. The molecule has 0 spiro atoms. The third kappa shape index (κ3) is 4.24. The quantitative estimate of drug-likeness (QED) is 0.848. The lowest BCUT2D eigenvalue weighted by Gasteiger charge is -2.25. The molecule has 1 atom stereocenters. The van der Waals surface area contributed by atoms with Gasteiger partial charge in [-0.05, 0) is 31.2 Å². The molecule has 4 nitrogen and oxygen atoms in total. The molecule has 1 aromatic carbocycles. The van der Waals surface area contributed by atoms with Gasteiger partial charge in [-0.15, -0.1) is 0 Å². The fourth-order valence-electron chi connectivity index (χ4n) is 1.63. The van der Waals surface area contributed by atoms with Gasteiger partial charge in [-0.3, -0.25) is 0 Å². The Labute approximate surface area is 106 Å². The topological polar surface area (TPSA) is 52.6 Å². The standard InChI is InChI=1S/C12H17ClN2O2/c1-14-8-11(15(2)12(16)17)7-9-3-5-10(13)6-4-9/h3-6,11,14H,7-8H2,1-2H3,(H,16,17). The first-order valence-corrected chi connectivity index (χ1v) is 5.77. The average molecular weight is 257 g/mol. The largest absolute Gasteiger partial charge is 0.465 e. The van der Waals surface area contributed by atoms with Crippen molar-refractivity contribution < 1.29 is 9.90 Å². The van der Waals surface area contributed by atoms with Gasteiger partial charge in [0.2, 0.25) is 0 Å². The third-order valence-corrected chi connectivity index (χ3v) is 2.93. The first-order valence-electron chi connectivity index (χ1n) is 5.39. The molecule has 17 heavy (non-hydrogen) atoms. The molecule has 0 radical (unpaired) electrons. The summed E-state index contributed by atoms with van der Waals surface area (Å²) in [5, 5.41) is 12.7. The summed E-state index contributed by atoms with van der Waals surface area (Å²) in [6.07, 6.45) is -0.250. The third-order valence-electron chi connectivity index (χ3n) is 2.67. The molecule has 1 rings (SSSR count). The molecular formula is C12H17ClN2O2. The van der Waals surface area contributed by atoms with Gasteiger partial charge in [0.15, 0.2) is 0 Å². The highest BCUT2D eigenvalue weighted by molar-refractivity contribution is 6.30. The molecule has 0 aromatic heterocycles. The van der Waals surface area contributed by atoms with Gasteiger partial charge in [-0.2, -0.15) is 0 Å². The van der Waals surface area contributed by atoms with Crippen LogP contribution in [0.5, 0.6) is 0 Å².